The molecular weight excluding hydrogens is 454 g/mol. The summed E-state index contributed by atoms with van der Waals surface area (Å²) < 4.78 is 0. The number of para-hydroxylation sites is 1. The molecule has 0 bridgehead atoms. The van der Waals surface area contributed by atoms with Crippen LogP contribution in [0.2, 0.25) is 0 Å². The average molecular weight is 482 g/mol. The highest BCUT2D eigenvalue weighted by molar-refractivity contribution is 7.14. The molecule has 0 amide bonds. The van der Waals surface area contributed by atoms with Gasteiger partial charge in [-0.25, -0.2) is 4.79 Å². The third-order valence-corrected chi connectivity index (χ3v) is 6.53. The number of hydrogen-bond donors (Lipinski definition) is 1. The molecule has 0 aliphatic heterocycles. The summed E-state index contributed by atoms with van der Waals surface area (Å²) in [4.78, 5) is 14.7. The van der Waals surface area contributed by atoms with Gasteiger partial charge in [0.15, 0.2) is 0 Å². The Balaban J connectivity index is 1.82. The Hall–Kier alpha value is -4.13. The first-order valence-electron chi connectivity index (χ1n) is 11.6. The van der Waals surface area contributed by atoms with Gasteiger partial charge in [0, 0.05) is 27.7 Å². The van der Waals surface area contributed by atoms with Gasteiger partial charge in [0.25, 0.3) is 0 Å². The molecule has 1 aromatic heterocycles. The summed E-state index contributed by atoms with van der Waals surface area (Å²) in [6, 6.07) is 25.9. The van der Waals surface area contributed by atoms with Crippen LogP contribution >= 0.6 is 11.3 Å². The molecule has 5 nitrogen and oxygen atoms in total. The number of nitriles is 2. The Morgan fingerprint density at radius 3 is 2.26 bits per heavy atom. The van der Waals surface area contributed by atoms with E-state index >= 15 is 0 Å². The summed E-state index contributed by atoms with van der Waals surface area (Å²) >= 11 is 1.27. The minimum atomic E-state index is -1.27. The Morgan fingerprint density at radius 2 is 1.63 bits per heavy atom. The number of carbonyl (C=O) groups is 1. The van der Waals surface area contributed by atoms with Crippen molar-refractivity contribution in [3.8, 4) is 12.1 Å². The Morgan fingerprint density at radius 1 is 0.914 bits per heavy atom. The Bertz CT molecular complexity index is 1280. The zero-order chi connectivity index (χ0) is 25.0. The Labute approximate surface area is 210 Å². The summed E-state index contributed by atoms with van der Waals surface area (Å²) in [5.41, 5.74) is 3.30. The number of thiophene rings is 1. The zero-order valence-corrected chi connectivity index (χ0v) is 20.5. The van der Waals surface area contributed by atoms with E-state index in [0.29, 0.717) is 15.3 Å². The lowest BCUT2D eigenvalue weighted by Crippen LogP contribution is -2.18. The van der Waals surface area contributed by atoms with E-state index in [-0.39, 0.29) is 5.57 Å². The molecule has 3 aromatic rings. The smallest absolute Gasteiger partial charge is 0.346 e. The van der Waals surface area contributed by atoms with Crippen molar-refractivity contribution in [3.05, 3.63) is 87.6 Å². The number of carboxylic acids is 1. The fraction of sp³-hybridized carbons (Fsp3) is 0.207. The predicted octanol–water partition coefficient (Wildman–Crippen LogP) is 7.52. The second-order valence-corrected chi connectivity index (χ2v) is 9.10. The third-order valence-electron chi connectivity index (χ3n) is 5.47. The first-order chi connectivity index (χ1) is 17.0. The largest absolute Gasteiger partial charge is 0.477 e. The topological polar surface area (TPSA) is 88.1 Å². The second kappa shape index (κ2) is 12.9. The summed E-state index contributed by atoms with van der Waals surface area (Å²) in [5, 5.41) is 27.7. The number of nitrogens with zero attached hydrogens (tertiary/aromatic N) is 3. The van der Waals surface area contributed by atoms with E-state index < -0.39 is 5.97 Å². The van der Waals surface area contributed by atoms with E-state index in [9.17, 15) is 10.1 Å². The van der Waals surface area contributed by atoms with Crippen molar-refractivity contribution >= 4 is 46.4 Å². The molecule has 1 N–H and O–H groups in total. The van der Waals surface area contributed by atoms with Crippen LogP contribution in [0.3, 0.4) is 0 Å². The highest BCUT2D eigenvalue weighted by atomic mass is 32.1. The van der Waals surface area contributed by atoms with Gasteiger partial charge in [0.1, 0.15) is 17.7 Å². The van der Waals surface area contributed by atoms with Crippen LogP contribution in [0.15, 0.2) is 72.3 Å². The fourth-order valence-corrected chi connectivity index (χ4v) is 4.56. The van der Waals surface area contributed by atoms with Gasteiger partial charge < -0.3 is 10.0 Å². The van der Waals surface area contributed by atoms with Gasteiger partial charge in [0.2, 0.25) is 0 Å². The zero-order valence-electron chi connectivity index (χ0n) is 19.6. The summed E-state index contributed by atoms with van der Waals surface area (Å²) in [6.45, 7) is 3.15. The lowest BCUT2D eigenvalue weighted by Gasteiger charge is -2.25. The van der Waals surface area contributed by atoms with Crippen molar-refractivity contribution < 1.29 is 9.90 Å². The van der Waals surface area contributed by atoms with Crippen LogP contribution in [0.1, 0.15) is 47.9 Å². The molecule has 3 rings (SSSR count). The van der Waals surface area contributed by atoms with Crippen LogP contribution in [0.4, 0.5) is 11.4 Å². The fourth-order valence-electron chi connectivity index (χ4n) is 3.65. The molecule has 0 radical (unpaired) electrons. The number of unbranched alkanes of at least 4 members (excludes halogenated alkanes) is 3. The highest BCUT2D eigenvalue weighted by Gasteiger charge is 2.11. The first kappa shape index (κ1) is 25.5. The second-order valence-electron chi connectivity index (χ2n) is 7.99. The number of anilines is 2. The van der Waals surface area contributed by atoms with Gasteiger partial charge in [-0.3, -0.25) is 0 Å². The molecule has 0 fully saturated rings. The van der Waals surface area contributed by atoms with Crippen molar-refractivity contribution in [3.63, 3.8) is 0 Å². The number of benzene rings is 2. The van der Waals surface area contributed by atoms with Crippen LogP contribution in [-0.4, -0.2) is 17.6 Å². The van der Waals surface area contributed by atoms with Gasteiger partial charge in [-0.2, -0.15) is 10.5 Å². The van der Waals surface area contributed by atoms with E-state index in [2.05, 4.69) is 42.2 Å². The molecule has 2 aromatic carbocycles. The van der Waals surface area contributed by atoms with E-state index in [4.69, 9.17) is 10.4 Å². The molecule has 0 aliphatic rings. The van der Waals surface area contributed by atoms with Crippen LogP contribution in [0, 0.1) is 22.7 Å². The lowest BCUT2D eigenvalue weighted by atomic mass is 10.1. The van der Waals surface area contributed by atoms with Crippen molar-refractivity contribution in [2.75, 3.05) is 11.4 Å². The monoisotopic (exact) mass is 481 g/mol. The molecule has 0 aliphatic carbocycles. The van der Waals surface area contributed by atoms with E-state index in [1.165, 1.54) is 36.7 Å². The minimum absolute atomic E-state index is 0.339. The van der Waals surface area contributed by atoms with Gasteiger partial charge in [-0.05, 0) is 60.5 Å². The van der Waals surface area contributed by atoms with Crippen molar-refractivity contribution in [1.82, 2.24) is 0 Å². The normalized spacial score (nSPS) is 11.5. The number of allylic oxidation sites excluding steroid dienone is 1. The van der Waals surface area contributed by atoms with Gasteiger partial charge in [0.05, 0.1) is 5.57 Å². The standard InChI is InChI=1S/C29H27N3O2S/c1-2-3-4-8-17-32(25-9-6-5-7-10-25)26-13-11-22(12-14-26)18-23(20-30)28-16-15-27(35-28)19-24(21-31)29(33)34/h5-7,9-16,18-19H,2-4,8,17H2,1H3,(H,33,34)/b23-18+,24-19+. The van der Waals surface area contributed by atoms with Gasteiger partial charge >= 0.3 is 5.97 Å². The predicted molar refractivity (Wildman–Crippen MR) is 143 cm³/mol. The quantitative estimate of drug-likeness (QED) is 0.174. The summed E-state index contributed by atoms with van der Waals surface area (Å²) in [5.74, 6) is -1.27. The maximum Gasteiger partial charge on any atom is 0.346 e. The summed E-state index contributed by atoms with van der Waals surface area (Å²) in [7, 11) is 0. The molecule has 0 atom stereocenters. The van der Waals surface area contributed by atoms with Crippen molar-refractivity contribution in [2.24, 2.45) is 0 Å². The summed E-state index contributed by atoms with van der Waals surface area (Å²) in [6.07, 6.45) is 7.89. The van der Waals surface area contributed by atoms with E-state index in [1.807, 2.05) is 36.4 Å². The molecule has 0 saturated heterocycles. The number of hydrogen-bond acceptors (Lipinski definition) is 5. The third kappa shape index (κ3) is 7.17. The van der Waals surface area contributed by atoms with E-state index in [1.54, 1.807) is 18.2 Å². The van der Waals surface area contributed by atoms with Crippen LogP contribution in [-0.2, 0) is 4.79 Å². The number of aliphatic carboxylic acids is 1. The molecule has 0 unspecified atom stereocenters. The molecule has 1 heterocycles. The minimum Gasteiger partial charge on any atom is -0.477 e. The van der Waals surface area contributed by atoms with Crippen LogP contribution in [0.25, 0.3) is 17.7 Å². The van der Waals surface area contributed by atoms with Crippen molar-refractivity contribution in [1.29, 1.82) is 10.5 Å². The van der Waals surface area contributed by atoms with Crippen molar-refractivity contribution in [2.45, 2.75) is 32.6 Å². The molecular formula is C29H27N3O2S. The molecule has 176 valence electrons. The molecule has 6 heteroatoms. The first-order valence-corrected chi connectivity index (χ1v) is 12.4. The molecule has 0 saturated carbocycles. The highest BCUT2D eigenvalue weighted by Crippen LogP contribution is 2.29. The number of rotatable bonds is 11. The number of carboxylic acid groups (broad SMARTS) is 1. The molecule has 0 spiro atoms. The Kier molecular flexibility index (Phi) is 9.42. The van der Waals surface area contributed by atoms with Gasteiger partial charge in [-0.15, -0.1) is 11.3 Å². The maximum atomic E-state index is 11.1. The lowest BCUT2D eigenvalue weighted by molar-refractivity contribution is -0.132. The van der Waals surface area contributed by atoms with Crippen LogP contribution < -0.4 is 4.90 Å². The van der Waals surface area contributed by atoms with Crippen LogP contribution in [0.5, 0.6) is 0 Å². The van der Waals surface area contributed by atoms with E-state index in [0.717, 1.165) is 29.9 Å². The van der Waals surface area contributed by atoms with Gasteiger partial charge in [-0.1, -0.05) is 56.5 Å². The maximum absolute atomic E-state index is 11.1. The SMILES string of the molecule is CCCCCCN(c1ccccc1)c1ccc(/C=C(\C#N)c2ccc(/C=C(\C#N)C(=O)O)s2)cc1. The molecule has 35 heavy (non-hydrogen) atoms. The average Bonchev–Trinajstić information content (AvgIpc) is 3.35.